The Labute approximate surface area is 439 Å². The van der Waals surface area contributed by atoms with Gasteiger partial charge in [0.15, 0.2) is 5.82 Å². The van der Waals surface area contributed by atoms with Gasteiger partial charge in [0.05, 0.1) is 37.6 Å². The van der Waals surface area contributed by atoms with Crippen LogP contribution >= 0.6 is 0 Å². The van der Waals surface area contributed by atoms with E-state index in [1.54, 1.807) is 56.4 Å². The van der Waals surface area contributed by atoms with Crippen molar-refractivity contribution in [3.8, 4) is 28.7 Å². The zero-order valence-corrected chi connectivity index (χ0v) is 44.7. The van der Waals surface area contributed by atoms with Crippen molar-refractivity contribution in [3.63, 3.8) is 0 Å². The highest BCUT2D eigenvalue weighted by Gasteiger charge is 2.63. The molecular weight excluding hydrogens is 955 g/mol. The number of hydrogen-bond donors (Lipinski definition) is 1. The van der Waals surface area contributed by atoms with Crippen molar-refractivity contribution >= 4 is 29.0 Å². The molecule has 2 aromatic heterocycles. The average molecular weight is 1030 g/mol. The fourth-order valence-corrected chi connectivity index (χ4v) is 13.5. The van der Waals surface area contributed by atoms with E-state index < -0.39 is 6.43 Å². The Balaban J connectivity index is 0.749. The van der Waals surface area contributed by atoms with E-state index >= 15 is 0 Å². The monoisotopic (exact) mass is 1030 g/mol. The van der Waals surface area contributed by atoms with E-state index in [0.29, 0.717) is 72.3 Å². The lowest BCUT2D eigenvalue weighted by Crippen LogP contribution is -2.68. The first-order valence-electron chi connectivity index (χ1n) is 26.7. The van der Waals surface area contributed by atoms with Crippen LogP contribution in [-0.2, 0) is 36.0 Å². The van der Waals surface area contributed by atoms with Gasteiger partial charge in [-0.25, -0.2) is 8.78 Å². The van der Waals surface area contributed by atoms with Gasteiger partial charge >= 0.3 is 0 Å². The number of hydrogen-bond acceptors (Lipinski definition) is 11. The van der Waals surface area contributed by atoms with Crippen LogP contribution in [0.25, 0.3) is 11.1 Å². The molecule has 1 saturated carbocycles. The number of aromatic nitrogens is 4. The molecule has 3 fully saturated rings. The molecule has 0 radical (unpaired) electrons. The first-order valence-corrected chi connectivity index (χ1v) is 26.7. The minimum absolute atomic E-state index is 0.0162. The minimum Gasteiger partial charge on any atom is -0.495 e. The lowest BCUT2D eigenvalue weighted by atomic mass is 9.45. The number of ether oxygens (including phenoxy) is 3. The lowest BCUT2D eigenvalue weighted by molar-refractivity contribution is -0.195. The Morgan fingerprint density at radius 2 is 1.71 bits per heavy atom. The van der Waals surface area contributed by atoms with Crippen molar-refractivity contribution in [2.45, 2.75) is 104 Å². The van der Waals surface area contributed by atoms with Crippen molar-refractivity contribution in [1.29, 1.82) is 5.26 Å². The smallest absolute Gasteiger partial charge is 0.264 e. The van der Waals surface area contributed by atoms with E-state index in [4.69, 9.17) is 19.3 Å². The summed E-state index contributed by atoms with van der Waals surface area (Å²) in [5.74, 6) is 2.36. The fourth-order valence-electron chi connectivity index (χ4n) is 13.5. The largest absolute Gasteiger partial charge is 0.495 e. The first-order chi connectivity index (χ1) is 36.0. The average Bonchev–Trinajstić information content (AvgIpc) is 4.07. The van der Waals surface area contributed by atoms with E-state index in [1.165, 1.54) is 0 Å². The number of rotatable bonds is 14. The van der Waals surface area contributed by atoms with E-state index in [-0.39, 0.29) is 52.4 Å². The Bertz CT molecular complexity index is 2940. The predicted molar refractivity (Wildman–Crippen MR) is 284 cm³/mol. The van der Waals surface area contributed by atoms with Crippen molar-refractivity contribution < 1.29 is 32.6 Å². The Kier molecular flexibility index (Phi) is 14.5. The van der Waals surface area contributed by atoms with Crippen LogP contribution in [0.1, 0.15) is 111 Å². The summed E-state index contributed by atoms with van der Waals surface area (Å²) in [4.78, 5) is 35.3. The molecule has 15 nitrogen and oxygen atoms in total. The molecule has 2 amide bonds. The maximum Gasteiger partial charge on any atom is 0.264 e. The van der Waals surface area contributed by atoms with Crippen LogP contribution in [-0.4, -0.2) is 120 Å². The third-order valence-electron chi connectivity index (χ3n) is 17.4. The van der Waals surface area contributed by atoms with Gasteiger partial charge in [0.25, 0.3) is 12.3 Å². The summed E-state index contributed by atoms with van der Waals surface area (Å²) in [6.45, 7) is 17.0. The topological polar surface area (TPSA) is 146 Å². The number of nitriles is 1. The van der Waals surface area contributed by atoms with Crippen LogP contribution in [0.5, 0.6) is 11.5 Å². The van der Waals surface area contributed by atoms with Gasteiger partial charge in [0.2, 0.25) is 5.91 Å². The zero-order valence-electron chi connectivity index (χ0n) is 44.7. The molecule has 17 heteroatoms. The summed E-state index contributed by atoms with van der Waals surface area (Å²) in [6.07, 6.45) is 5.87. The second-order valence-corrected chi connectivity index (χ2v) is 22.6. The highest BCUT2D eigenvalue weighted by Crippen LogP contribution is 2.60. The van der Waals surface area contributed by atoms with Crippen molar-refractivity contribution in [1.82, 2.24) is 34.7 Å². The number of methoxy groups -OCH3 is 2. The number of nitrogens with one attached hydrogen (secondary N) is 1. The van der Waals surface area contributed by atoms with E-state index in [2.05, 4.69) is 63.6 Å². The highest BCUT2D eigenvalue weighted by molar-refractivity contribution is 5.94. The molecular formula is C58H72F2N10O5. The van der Waals surface area contributed by atoms with E-state index in [0.717, 1.165) is 98.8 Å². The van der Waals surface area contributed by atoms with Crippen molar-refractivity contribution in [3.05, 3.63) is 101 Å². The van der Waals surface area contributed by atoms with Crippen LogP contribution < -0.4 is 24.6 Å². The lowest BCUT2D eigenvalue weighted by Gasteiger charge is -2.63. The molecule has 0 spiro atoms. The van der Waals surface area contributed by atoms with Gasteiger partial charge in [-0.1, -0.05) is 27.7 Å². The molecule has 1 unspecified atom stereocenters. The number of halogens is 2. The van der Waals surface area contributed by atoms with E-state index in [1.807, 2.05) is 48.4 Å². The molecule has 3 aromatic carbocycles. The second kappa shape index (κ2) is 20.9. The summed E-state index contributed by atoms with van der Waals surface area (Å²) in [6, 6.07) is 19.1. The summed E-state index contributed by atoms with van der Waals surface area (Å²) in [5.41, 5.74) is 6.83. The molecule has 10 rings (SSSR count). The molecule has 6 heterocycles. The van der Waals surface area contributed by atoms with Gasteiger partial charge in [0.1, 0.15) is 23.7 Å². The number of piperidine rings is 2. The predicted octanol–water partition coefficient (Wildman–Crippen LogP) is 9.13. The molecule has 0 bridgehead atoms. The summed E-state index contributed by atoms with van der Waals surface area (Å²) < 4.78 is 51.6. The van der Waals surface area contributed by atoms with Gasteiger partial charge in [-0.3, -0.25) is 19.0 Å². The van der Waals surface area contributed by atoms with Gasteiger partial charge in [0, 0.05) is 148 Å². The molecule has 1 aliphatic carbocycles. The van der Waals surface area contributed by atoms with Gasteiger partial charge < -0.3 is 39.1 Å². The summed E-state index contributed by atoms with van der Waals surface area (Å²) in [5, 5.41) is 22.3. The second-order valence-electron chi connectivity index (χ2n) is 22.6. The molecule has 5 aliphatic rings. The number of nitrogens with zero attached hydrogens (tertiary/aromatic N) is 9. The fraction of sp³-hybridized carbons (Fsp3) is 0.534. The quantitative estimate of drug-likeness (QED) is 0.114. The number of amides is 2. The Morgan fingerprint density at radius 1 is 0.947 bits per heavy atom. The number of benzene rings is 3. The standard InChI is InChI=1S/C58H72F2N10O5/c1-36(71)67-25-20-48-47(34-67)54(69-21-9-10-38-26-45(41-30-63-65(6)32-41)46(53(59)60)28-49(38)69)64-70(48)43-18-22-66(23-19-43)33-40-17-24-68(35-51(40)74-8)42-14-11-37(12-15-42)55(72)62-31-52-57(2,3)56(58(52,4)5)75-44-16-13-39(29-61)50(27-44)73-7/h11-16,26-28,30,32,40,43,51-53,56H,9-10,17-25,31,33-35H2,1-8H3,(H,62,72)/t40-,51?,52?,56?/m1/s1. The number of carbonyl (C=O) groups is 2. The summed E-state index contributed by atoms with van der Waals surface area (Å²) >= 11 is 0. The highest BCUT2D eigenvalue weighted by atomic mass is 19.3. The van der Waals surface area contributed by atoms with Crippen LogP contribution in [0.4, 0.5) is 26.0 Å². The number of alkyl halides is 2. The van der Waals surface area contributed by atoms with Crippen LogP contribution in [0.3, 0.4) is 0 Å². The number of fused-ring (bicyclic) bond motifs is 2. The molecule has 2 atom stereocenters. The minimum atomic E-state index is -2.66. The van der Waals surface area contributed by atoms with Gasteiger partial charge in [-0.2, -0.15) is 15.5 Å². The van der Waals surface area contributed by atoms with Crippen LogP contribution in [0.15, 0.2) is 67.0 Å². The SMILES string of the molecule is COc1cc(OC2C(C)(C)C(CNC(=O)c3ccc(N4CC[C@H](CN5CCC(n6nc(N7CCCc8cc(-c9cnn(C)c9)c(C(F)F)cc87)c7c6CCN(C(C)=O)C7)CC5)C(OC)C4)cc3)C2(C)C)ccc1C#N. The normalized spacial score (nSPS) is 22.5. The molecule has 5 aromatic rings. The number of anilines is 3. The number of aryl methyl sites for hydroxylation is 2. The molecule has 398 valence electrons. The summed E-state index contributed by atoms with van der Waals surface area (Å²) in [7, 11) is 5.15. The zero-order chi connectivity index (χ0) is 52.9. The molecule has 75 heavy (non-hydrogen) atoms. The molecule has 4 aliphatic heterocycles. The number of carbonyl (C=O) groups excluding carboxylic acids is 2. The Hall–Kier alpha value is -6.51. The maximum atomic E-state index is 14.8. The maximum absolute atomic E-state index is 14.8. The third kappa shape index (κ3) is 9.96. The van der Waals surface area contributed by atoms with Gasteiger partial charge in [-0.15, -0.1) is 0 Å². The van der Waals surface area contributed by atoms with Crippen molar-refractivity contribution in [2.75, 3.05) is 76.4 Å². The van der Waals surface area contributed by atoms with Gasteiger partial charge in [-0.05, 0) is 97.7 Å². The van der Waals surface area contributed by atoms with Crippen LogP contribution in [0.2, 0.25) is 0 Å². The van der Waals surface area contributed by atoms with Crippen molar-refractivity contribution in [2.24, 2.45) is 29.7 Å². The molecule has 2 saturated heterocycles. The van der Waals surface area contributed by atoms with E-state index in [9.17, 15) is 23.6 Å². The third-order valence-corrected chi connectivity index (χ3v) is 17.4. The molecule has 1 N–H and O–H groups in total. The number of likely N-dealkylation sites (tertiary alicyclic amines) is 1. The first kappa shape index (κ1) is 52.0. The van der Waals surface area contributed by atoms with Crippen LogP contribution in [0, 0.1) is 34.0 Å². The Morgan fingerprint density at radius 3 is 2.37 bits per heavy atom.